The summed E-state index contributed by atoms with van der Waals surface area (Å²) in [6.07, 6.45) is 0.190. The molecular formula is C12H15NO3S. The summed E-state index contributed by atoms with van der Waals surface area (Å²) in [5.41, 5.74) is 0.967. The lowest BCUT2D eigenvalue weighted by Crippen LogP contribution is -2.16. The van der Waals surface area contributed by atoms with Crippen molar-refractivity contribution in [2.24, 2.45) is 0 Å². The molecule has 1 aromatic carbocycles. The predicted octanol–water partition coefficient (Wildman–Crippen LogP) is 2.39. The monoisotopic (exact) mass is 253 g/mol. The molecule has 0 fully saturated rings. The van der Waals surface area contributed by atoms with Crippen LogP contribution in [0.4, 0.5) is 0 Å². The Labute approximate surface area is 102 Å². The Balaban J connectivity index is 2.89. The van der Waals surface area contributed by atoms with Crippen molar-refractivity contribution >= 4 is 10.1 Å². The molecule has 0 aliphatic rings. The third kappa shape index (κ3) is 3.84. The first-order valence-electron chi connectivity index (χ1n) is 5.39. The first-order valence-corrected chi connectivity index (χ1v) is 6.80. The summed E-state index contributed by atoms with van der Waals surface area (Å²) < 4.78 is 28.5. The molecule has 0 amide bonds. The van der Waals surface area contributed by atoms with Gasteiger partial charge in [0.2, 0.25) is 0 Å². The van der Waals surface area contributed by atoms with Crippen LogP contribution in [0.25, 0.3) is 0 Å². The van der Waals surface area contributed by atoms with E-state index >= 15 is 0 Å². The molecule has 1 rings (SSSR count). The number of benzene rings is 1. The third-order valence-electron chi connectivity index (χ3n) is 2.25. The first kappa shape index (κ1) is 13.7. The zero-order valence-electron chi connectivity index (χ0n) is 9.88. The van der Waals surface area contributed by atoms with E-state index in [0.717, 1.165) is 5.56 Å². The van der Waals surface area contributed by atoms with Gasteiger partial charge in [-0.2, -0.15) is 13.7 Å². The number of hydrogen-bond acceptors (Lipinski definition) is 4. The van der Waals surface area contributed by atoms with Crippen LogP contribution < -0.4 is 0 Å². The topological polar surface area (TPSA) is 67.2 Å². The number of hydrogen-bond donors (Lipinski definition) is 0. The minimum absolute atomic E-state index is 0.0828. The van der Waals surface area contributed by atoms with Gasteiger partial charge in [0, 0.05) is 0 Å². The maximum atomic E-state index is 11.8. The Morgan fingerprint density at radius 1 is 1.35 bits per heavy atom. The molecule has 0 heterocycles. The van der Waals surface area contributed by atoms with Gasteiger partial charge in [0.15, 0.2) is 6.10 Å². The second-order valence-corrected chi connectivity index (χ2v) is 5.34. The summed E-state index contributed by atoms with van der Waals surface area (Å²) in [5.74, 6) is 0. The fraction of sp³-hybridized carbons (Fsp3) is 0.417. The van der Waals surface area contributed by atoms with Gasteiger partial charge in [-0.25, -0.2) is 4.18 Å². The van der Waals surface area contributed by atoms with Crippen LogP contribution in [0, 0.1) is 18.3 Å². The lowest BCUT2D eigenvalue weighted by molar-refractivity contribution is 0.250. The maximum Gasteiger partial charge on any atom is 0.298 e. The summed E-state index contributed by atoms with van der Waals surface area (Å²) in [7, 11) is -3.83. The molecule has 92 valence electrons. The summed E-state index contributed by atoms with van der Waals surface area (Å²) in [6, 6.07) is 8.18. The smallest absolute Gasteiger partial charge is 0.248 e. The zero-order chi connectivity index (χ0) is 12.9. The molecule has 0 unspecified atom stereocenters. The number of nitrogens with zero attached hydrogens (tertiary/aromatic N) is 1. The van der Waals surface area contributed by atoms with Crippen molar-refractivity contribution in [2.45, 2.75) is 37.7 Å². The fourth-order valence-corrected chi connectivity index (χ4v) is 2.34. The minimum Gasteiger partial charge on any atom is -0.248 e. The normalized spacial score (nSPS) is 13.0. The Morgan fingerprint density at radius 3 is 2.41 bits per heavy atom. The summed E-state index contributed by atoms with van der Waals surface area (Å²) >= 11 is 0. The van der Waals surface area contributed by atoms with Crippen molar-refractivity contribution in [1.82, 2.24) is 0 Å². The van der Waals surface area contributed by atoms with Gasteiger partial charge in [-0.05, 0) is 25.5 Å². The van der Waals surface area contributed by atoms with Crippen LogP contribution in [0.2, 0.25) is 0 Å². The summed E-state index contributed by atoms with van der Waals surface area (Å²) in [4.78, 5) is 0.0828. The molecule has 0 aromatic heterocycles. The van der Waals surface area contributed by atoms with Crippen molar-refractivity contribution in [3.63, 3.8) is 0 Å². The summed E-state index contributed by atoms with van der Waals surface area (Å²) in [6.45, 7) is 3.73. The summed E-state index contributed by atoms with van der Waals surface area (Å²) in [5, 5.41) is 8.77. The Morgan fingerprint density at radius 2 is 1.94 bits per heavy atom. The van der Waals surface area contributed by atoms with E-state index in [-0.39, 0.29) is 4.90 Å². The van der Waals surface area contributed by atoms with E-state index < -0.39 is 16.2 Å². The van der Waals surface area contributed by atoms with Crippen molar-refractivity contribution in [3.8, 4) is 6.07 Å². The Kier molecular flexibility index (Phi) is 4.67. The van der Waals surface area contributed by atoms with Gasteiger partial charge in [-0.1, -0.05) is 31.0 Å². The average molecular weight is 253 g/mol. The molecule has 17 heavy (non-hydrogen) atoms. The van der Waals surface area contributed by atoms with Crippen LogP contribution in [0.1, 0.15) is 25.3 Å². The molecule has 1 atom stereocenters. The molecular weight excluding hydrogens is 238 g/mol. The van der Waals surface area contributed by atoms with Crippen molar-refractivity contribution in [1.29, 1.82) is 5.26 Å². The van der Waals surface area contributed by atoms with Crippen molar-refractivity contribution in [3.05, 3.63) is 29.8 Å². The van der Waals surface area contributed by atoms with Gasteiger partial charge >= 0.3 is 0 Å². The van der Waals surface area contributed by atoms with Gasteiger partial charge in [0.05, 0.1) is 11.0 Å². The molecule has 0 radical (unpaired) electrons. The SMILES string of the molecule is CCC[C@@H](C#N)OS(=O)(=O)c1ccc(C)cc1. The molecule has 0 saturated carbocycles. The molecule has 1 aromatic rings. The van der Waals surface area contributed by atoms with E-state index in [9.17, 15) is 8.42 Å². The molecule has 0 saturated heterocycles. The second kappa shape index (κ2) is 5.80. The Bertz CT molecular complexity index is 500. The standard InChI is InChI=1S/C12H15NO3S/c1-3-4-11(9-13)16-17(14,15)12-7-5-10(2)6-8-12/h5-8,11H,3-4H2,1-2H3/t11-/m0/s1. The number of nitriles is 1. The van der Waals surface area contributed by atoms with E-state index in [1.54, 1.807) is 12.1 Å². The number of aryl methyl sites for hydroxylation is 1. The molecule has 4 nitrogen and oxygen atoms in total. The van der Waals surface area contributed by atoms with Crippen LogP contribution in [-0.2, 0) is 14.3 Å². The van der Waals surface area contributed by atoms with Crippen LogP contribution in [-0.4, -0.2) is 14.5 Å². The average Bonchev–Trinajstić information content (AvgIpc) is 2.28. The van der Waals surface area contributed by atoms with Gasteiger partial charge < -0.3 is 0 Å². The van der Waals surface area contributed by atoms with Crippen LogP contribution in [0.15, 0.2) is 29.2 Å². The molecule has 0 spiro atoms. The zero-order valence-corrected chi connectivity index (χ0v) is 10.7. The van der Waals surface area contributed by atoms with Gasteiger partial charge in [-0.3, -0.25) is 0 Å². The molecule has 0 N–H and O–H groups in total. The first-order chi connectivity index (χ1) is 7.99. The third-order valence-corrected chi connectivity index (χ3v) is 3.58. The van der Waals surface area contributed by atoms with E-state index in [1.165, 1.54) is 12.1 Å². The van der Waals surface area contributed by atoms with Gasteiger partial charge in [0.1, 0.15) is 0 Å². The van der Waals surface area contributed by atoms with Crippen molar-refractivity contribution < 1.29 is 12.6 Å². The van der Waals surface area contributed by atoms with E-state index in [4.69, 9.17) is 9.44 Å². The van der Waals surface area contributed by atoms with Gasteiger partial charge in [0.25, 0.3) is 10.1 Å². The molecule has 0 bridgehead atoms. The molecule has 0 aliphatic carbocycles. The lowest BCUT2D eigenvalue weighted by atomic mass is 10.2. The molecule has 0 aliphatic heterocycles. The number of rotatable bonds is 5. The highest BCUT2D eigenvalue weighted by Gasteiger charge is 2.20. The van der Waals surface area contributed by atoms with Crippen LogP contribution >= 0.6 is 0 Å². The van der Waals surface area contributed by atoms with Gasteiger partial charge in [-0.15, -0.1) is 0 Å². The minimum atomic E-state index is -3.83. The fourth-order valence-electron chi connectivity index (χ4n) is 1.31. The highest BCUT2D eigenvalue weighted by molar-refractivity contribution is 7.86. The van der Waals surface area contributed by atoms with Crippen LogP contribution in [0.5, 0.6) is 0 Å². The van der Waals surface area contributed by atoms with Crippen molar-refractivity contribution in [2.75, 3.05) is 0 Å². The van der Waals surface area contributed by atoms with Crippen LogP contribution in [0.3, 0.4) is 0 Å². The lowest BCUT2D eigenvalue weighted by Gasteiger charge is -2.09. The van der Waals surface area contributed by atoms with E-state index in [2.05, 4.69) is 0 Å². The quantitative estimate of drug-likeness (QED) is 0.756. The predicted molar refractivity (Wildman–Crippen MR) is 63.8 cm³/mol. The highest BCUT2D eigenvalue weighted by atomic mass is 32.2. The molecule has 5 heteroatoms. The van der Waals surface area contributed by atoms with E-state index in [1.807, 2.05) is 19.9 Å². The Hall–Kier alpha value is -1.38. The second-order valence-electron chi connectivity index (χ2n) is 3.77. The van der Waals surface area contributed by atoms with E-state index in [0.29, 0.717) is 12.8 Å². The largest absolute Gasteiger partial charge is 0.298 e. The maximum absolute atomic E-state index is 11.8. The highest BCUT2D eigenvalue weighted by Crippen LogP contribution is 2.16.